The van der Waals surface area contributed by atoms with Crippen molar-refractivity contribution in [2.45, 2.75) is 58.4 Å². The molecule has 2 aromatic carbocycles. The topological polar surface area (TPSA) is 70.5 Å². The first-order chi connectivity index (χ1) is 13.0. The molecule has 0 atom stereocenters. The number of nitrogens with two attached hydrogens (primary N) is 2. The van der Waals surface area contributed by atoms with Gasteiger partial charge in [-0.15, -0.1) is 0 Å². The fourth-order valence-electron chi connectivity index (χ4n) is 2.73. The van der Waals surface area contributed by atoms with Gasteiger partial charge in [-0.2, -0.15) is 0 Å². The molecule has 29 heavy (non-hydrogen) atoms. The third-order valence-electron chi connectivity index (χ3n) is 4.17. The Morgan fingerprint density at radius 1 is 0.586 bits per heavy atom. The maximum atomic E-state index is 6.02. The maximum absolute atomic E-state index is 6.02. The van der Waals surface area contributed by atoms with Crippen molar-refractivity contribution in [3.05, 3.63) is 53.3 Å². The molecule has 0 amide bonds. The zero-order valence-electron chi connectivity index (χ0n) is 17.3. The number of benzene rings is 2. The fraction of sp³-hybridized carbons (Fsp3) is 0.429. The molecule has 4 nitrogen and oxygen atoms in total. The van der Waals surface area contributed by atoms with Crippen LogP contribution >= 0.6 is 63.7 Å². The largest absolute Gasteiger partial charge is 0.471 e. The number of hydrogen-bond acceptors (Lipinski definition) is 4. The van der Waals surface area contributed by atoms with Gasteiger partial charge in [-0.1, -0.05) is 13.8 Å². The lowest BCUT2D eigenvalue weighted by atomic mass is 9.78. The van der Waals surface area contributed by atoms with E-state index in [4.69, 9.17) is 20.9 Å². The maximum Gasteiger partial charge on any atom is 0.153 e. The van der Waals surface area contributed by atoms with Crippen LogP contribution in [-0.2, 0) is 5.41 Å². The monoisotopic (exact) mass is 654 g/mol. The van der Waals surface area contributed by atoms with Crippen LogP contribution in [0.1, 0.15) is 52.7 Å². The Labute approximate surface area is 206 Å². The van der Waals surface area contributed by atoms with Crippen molar-refractivity contribution in [3.63, 3.8) is 0 Å². The number of rotatable bonds is 6. The molecule has 0 aliphatic carbocycles. The van der Waals surface area contributed by atoms with Gasteiger partial charge in [0.1, 0.15) is 11.5 Å². The van der Waals surface area contributed by atoms with Gasteiger partial charge in [-0.3, -0.25) is 11.5 Å². The van der Waals surface area contributed by atoms with Crippen molar-refractivity contribution in [2.24, 2.45) is 11.5 Å². The molecule has 0 aliphatic rings. The molecule has 0 saturated carbocycles. The molecular formula is C21H26Br4N2O2. The van der Waals surface area contributed by atoms with E-state index in [-0.39, 0.29) is 5.41 Å². The molecule has 8 heteroatoms. The van der Waals surface area contributed by atoms with Crippen molar-refractivity contribution in [2.75, 3.05) is 0 Å². The zero-order chi connectivity index (χ0) is 22.4. The summed E-state index contributed by atoms with van der Waals surface area (Å²) in [5, 5.41) is 0. The first-order valence-electron chi connectivity index (χ1n) is 8.96. The summed E-state index contributed by atoms with van der Waals surface area (Å²) in [5.74, 6) is 1.35. The minimum Gasteiger partial charge on any atom is -0.471 e. The first kappa shape index (κ1) is 25.1. The van der Waals surface area contributed by atoms with Crippen LogP contribution in [0.25, 0.3) is 0 Å². The van der Waals surface area contributed by atoms with Gasteiger partial charge in [0.15, 0.2) is 11.4 Å². The summed E-state index contributed by atoms with van der Waals surface area (Å²) in [7, 11) is 0. The van der Waals surface area contributed by atoms with Gasteiger partial charge in [-0.05, 0) is 127 Å². The van der Waals surface area contributed by atoms with E-state index in [1.807, 2.05) is 27.7 Å². The van der Waals surface area contributed by atoms with E-state index in [0.717, 1.165) is 29.0 Å². The predicted octanol–water partition coefficient (Wildman–Crippen LogP) is 7.21. The summed E-state index contributed by atoms with van der Waals surface area (Å²) in [5.41, 5.74) is 12.4. The highest BCUT2D eigenvalue weighted by atomic mass is 79.9. The van der Waals surface area contributed by atoms with Crippen molar-refractivity contribution < 1.29 is 9.47 Å². The van der Waals surface area contributed by atoms with Crippen molar-refractivity contribution in [3.8, 4) is 11.5 Å². The SMILES string of the molecule is CC(C)(N)Oc1c(Br)cc(C(C)(C)c2cc(Br)c(OC(C)(C)N)c(Br)c2)cc1Br. The molecule has 0 spiro atoms. The van der Waals surface area contributed by atoms with E-state index in [0.29, 0.717) is 11.5 Å². The standard InChI is InChI=1S/C21H26Br4N2O2/c1-19(2,11-7-13(22)17(14(23)8-11)28-20(3,4)26)12-9-15(24)18(16(25)10-12)29-21(5,6)27/h7-10H,26-27H2,1-6H3. The van der Waals surface area contributed by atoms with Crippen LogP contribution in [0, 0.1) is 0 Å². The molecule has 2 rings (SSSR count). The molecule has 160 valence electrons. The number of hydrogen-bond donors (Lipinski definition) is 2. The quantitative estimate of drug-likeness (QED) is 0.322. The van der Waals surface area contributed by atoms with E-state index >= 15 is 0 Å². The van der Waals surface area contributed by atoms with Gasteiger partial charge in [0.05, 0.1) is 17.9 Å². The lowest BCUT2D eigenvalue weighted by Gasteiger charge is -2.30. The third kappa shape index (κ3) is 6.43. The highest BCUT2D eigenvalue weighted by molar-refractivity contribution is 9.11. The summed E-state index contributed by atoms with van der Waals surface area (Å²) in [6.45, 7) is 11.6. The van der Waals surface area contributed by atoms with E-state index in [1.165, 1.54) is 0 Å². The molecule has 2 aromatic rings. The molecule has 0 aliphatic heterocycles. The summed E-state index contributed by atoms with van der Waals surface area (Å²) >= 11 is 14.5. The Morgan fingerprint density at radius 2 is 0.828 bits per heavy atom. The predicted molar refractivity (Wildman–Crippen MR) is 134 cm³/mol. The molecule has 0 bridgehead atoms. The first-order valence-corrected chi connectivity index (χ1v) is 12.1. The van der Waals surface area contributed by atoms with Crippen molar-refractivity contribution >= 4 is 63.7 Å². The molecule has 0 heterocycles. The van der Waals surface area contributed by atoms with E-state index < -0.39 is 11.4 Å². The normalized spacial score (nSPS) is 12.8. The van der Waals surface area contributed by atoms with Crippen LogP contribution in [0.4, 0.5) is 0 Å². The number of ether oxygens (including phenoxy) is 2. The van der Waals surface area contributed by atoms with Crippen LogP contribution in [0.15, 0.2) is 42.2 Å². The lowest BCUT2D eigenvalue weighted by Crippen LogP contribution is -2.39. The molecule has 0 saturated heterocycles. The van der Waals surface area contributed by atoms with Crippen molar-refractivity contribution in [1.29, 1.82) is 0 Å². The summed E-state index contributed by atoms with van der Waals surface area (Å²) < 4.78 is 15.1. The summed E-state index contributed by atoms with van der Waals surface area (Å²) in [6.07, 6.45) is 0. The van der Waals surface area contributed by atoms with Gasteiger partial charge in [-0.25, -0.2) is 0 Å². The number of halogens is 4. The molecule has 0 radical (unpaired) electrons. The van der Waals surface area contributed by atoms with E-state index in [1.54, 1.807) is 0 Å². The van der Waals surface area contributed by atoms with Crippen LogP contribution in [0.3, 0.4) is 0 Å². The molecule has 0 fully saturated rings. The smallest absolute Gasteiger partial charge is 0.153 e. The van der Waals surface area contributed by atoms with Gasteiger partial charge >= 0.3 is 0 Å². The zero-order valence-corrected chi connectivity index (χ0v) is 23.6. The second-order valence-corrected chi connectivity index (χ2v) is 12.0. The Balaban J connectivity index is 2.50. The van der Waals surface area contributed by atoms with Gasteiger partial charge in [0.25, 0.3) is 0 Å². The van der Waals surface area contributed by atoms with Crippen LogP contribution in [0.2, 0.25) is 0 Å². The molecular weight excluding hydrogens is 632 g/mol. The highest BCUT2D eigenvalue weighted by Gasteiger charge is 2.29. The fourth-order valence-corrected chi connectivity index (χ4v) is 5.43. The minimum absolute atomic E-state index is 0.302. The highest BCUT2D eigenvalue weighted by Crippen LogP contribution is 2.44. The minimum atomic E-state index is -0.787. The average Bonchev–Trinajstić information content (AvgIpc) is 2.52. The Kier molecular flexibility index (Phi) is 7.62. The summed E-state index contributed by atoms with van der Waals surface area (Å²) in [4.78, 5) is 0. The second kappa shape index (κ2) is 8.79. The van der Waals surface area contributed by atoms with Gasteiger partial charge < -0.3 is 9.47 Å². The second-order valence-electron chi connectivity index (χ2n) is 8.57. The van der Waals surface area contributed by atoms with Crippen LogP contribution < -0.4 is 20.9 Å². The average molecular weight is 658 g/mol. The summed E-state index contributed by atoms with van der Waals surface area (Å²) in [6, 6.07) is 8.23. The third-order valence-corrected chi connectivity index (χ3v) is 6.53. The lowest BCUT2D eigenvalue weighted by molar-refractivity contribution is 0.115. The van der Waals surface area contributed by atoms with Crippen LogP contribution in [0.5, 0.6) is 11.5 Å². The van der Waals surface area contributed by atoms with Gasteiger partial charge in [0, 0.05) is 5.41 Å². The Hall–Kier alpha value is -0.120. The molecule has 0 unspecified atom stereocenters. The van der Waals surface area contributed by atoms with E-state index in [2.05, 4.69) is 102 Å². The Morgan fingerprint density at radius 3 is 1.03 bits per heavy atom. The van der Waals surface area contributed by atoms with Crippen molar-refractivity contribution in [1.82, 2.24) is 0 Å². The Bertz CT molecular complexity index is 796. The van der Waals surface area contributed by atoms with Gasteiger partial charge in [0.2, 0.25) is 0 Å². The molecule has 4 N–H and O–H groups in total. The van der Waals surface area contributed by atoms with E-state index in [9.17, 15) is 0 Å². The van der Waals surface area contributed by atoms with Crippen LogP contribution in [-0.4, -0.2) is 11.4 Å². The molecule has 0 aromatic heterocycles.